The van der Waals surface area contributed by atoms with Gasteiger partial charge in [-0.05, 0) is 42.0 Å². The van der Waals surface area contributed by atoms with Crippen LogP contribution < -0.4 is 14.6 Å². The molecule has 1 aromatic heterocycles. The van der Waals surface area contributed by atoms with Crippen molar-refractivity contribution in [1.29, 1.82) is 0 Å². The van der Waals surface area contributed by atoms with Crippen LogP contribution in [0.1, 0.15) is 40.2 Å². The molecule has 3 aromatic rings. The Morgan fingerprint density at radius 3 is 2.50 bits per heavy atom. The van der Waals surface area contributed by atoms with Crippen molar-refractivity contribution in [2.24, 2.45) is 5.14 Å². The summed E-state index contributed by atoms with van der Waals surface area (Å²) in [6.07, 6.45) is 0. The van der Waals surface area contributed by atoms with Crippen LogP contribution in [-0.2, 0) is 10.2 Å². The highest BCUT2D eigenvalue weighted by Crippen LogP contribution is 2.29. The van der Waals surface area contributed by atoms with Gasteiger partial charge in [-0.15, -0.1) is 0 Å². The SMILES string of the molecule is COc1cc(F)ccc1C(=O)c1ccc(C(C)c2ccc(NS(N)(=O)=O)cc2F)[nH]1. The molecule has 0 bridgehead atoms. The Bertz CT molecular complexity index is 1210. The van der Waals surface area contributed by atoms with Crippen molar-refractivity contribution in [3.8, 4) is 5.75 Å². The standard InChI is InChI=1S/C20H19F2N3O4S/c1-11(14-6-4-13(10-16(14)22)25-30(23,27)28)17-7-8-18(24-17)20(26)15-5-3-12(21)9-19(15)29-2/h3-11,24-25H,1-2H3,(H2,23,27,28). The molecule has 30 heavy (non-hydrogen) atoms. The number of methoxy groups -OCH3 is 1. The lowest BCUT2D eigenvalue weighted by Crippen LogP contribution is -2.21. The number of nitrogens with one attached hydrogen (secondary N) is 2. The molecule has 0 aliphatic heterocycles. The highest BCUT2D eigenvalue weighted by Gasteiger charge is 2.20. The summed E-state index contributed by atoms with van der Waals surface area (Å²) in [6.45, 7) is 1.73. The third-order valence-electron chi connectivity index (χ3n) is 4.55. The van der Waals surface area contributed by atoms with Gasteiger partial charge in [0.1, 0.15) is 17.4 Å². The molecule has 3 rings (SSSR count). The quantitative estimate of drug-likeness (QED) is 0.494. The number of H-pyrrole nitrogens is 1. The number of aromatic amines is 1. The van der Waals surface area contributed by atoms with Crippen LogP contribution in [0.2, 0.25) is 0 Å². The molecular weight excluding hydrogens is 416 g/mol. The Morgan fingerprint density at radius 1 is 1.13 bits per heavy atom. The zero-order chi connectivity index (χ0) is 22.1. The maximum absolute atomic E-state index is 14.5. The van der Waals surface area contributed by atoms with Gasteiger partial charge in [-0.3, -0.25) is 9.52 Å². The molecule has 4 N–H and O–H groups in total. The van der Waals surface area contributed by atoms with E-state index in [9.17, 15) is 22.0 Å². The largest absolute Gasteiger partial charge is 0.496 e. The number of ketones is 1. The van der Waals surface area contributed by atoms with Gasteiger partial charge < -0.3 is 9.72 Å². The Kier molecular flexibility index (Phi) is 5.90. The summed E-state index contributed by atoms with van der Waals surface area (Å²) < 4.78 is 57.1. The number of rotatable bonds is 7. The van der Waals surface area contributed by atoms with Crippen LogP contribution in [0.5, 0.6) is 5.75 Å². The molecule has 0 amide bonds. The van der Waals surface area contributed by atoms with Gasteiger partial charge in [0.05, 0.1) is 24.1 Å². The average Bonchev–Trinajstić information content (AvgIpc) is 3.16. The third-order valence-corrected chi connectivity index (χ3v) is 5.08. The summed E-state index contributed by atoms with van der Waals surface area (Å²) in [5.74, 6) is -1.93. The van der Waals surface area contributed by atoms with E-state index in [4.69, 9.17) is 9.88 Å². The monoisotopic (exact) mass is 435 g/mol. The maximum Gasteiger partial charge on any atom is 0.296 e. The van der Waals surface area contributed by atoms with Crippen LogP contribution in [0.15, 0.2) is 48.5 Å². The van der Waals surface area contributed by atoms with Gasteiger partial charge in [0.2, 0.25) is 5.78 Å². The molecule has 2 aromatic carbocycles. The molecular formula is C20H19F2N3O4S. The lowest BCUT2D eigenvalue weighted by atomic mass is 9.97. The van der Waals surface area contributed by atoms with Gasteiger partial charge in [0.25, 0.3) is 10.2 Å². The minimum Gasteiger partial charge on any atom is -0.496 e. The zero-order valence-corrected chi connectivity index (χ0v) is 16.9. The van der Waals surface area contributed by atoms with Gasteiger partial charge in [0.15, 0.2) is 0 Å². The second-order valence-electron chi connectivity index (χ2n) is 6.61. The molecule has 0 radical (unpaired) electrons. The molecule has 10 heteroatoms. The van der Waals surface area contributed by atoms with Gasteiger partial charge in [-0.25, -0.2) is 13.9 Å². The molecule has 158 valence electrons. The number of hydrogen-bond donors (Lipinski definition) is 3. The Balaban J connectivity index is 1.86. The van der Waals surface area contributed by atoms with Crippen molar-refractivity contribution in [1.82, 2.24) is 4.98 Å². The molecule has 1 atom stereocenters. The molecule has 0 aliphatic rings. The van der Waals surface area contributed by atoms with Crippen molar-refractivity contribution in [2.45, 2.75) is 12.8 Å². The maximum atomic E-state index is 14.5. The van der Waals surface area contributed by atoms with Crippen LogP contribution in [0.3, 0.4) is 0 Å². The van der Waals surface area contributed by atoms with E-state index in [1.165, 1.54) is 25.3 Å². The lowest BCUT2D eigenvalue weighted by Gasteiger charge is -2.13. The third kappa shape index (κ3) is 4.66. The number of carbonyl (C=O) groups excluding carboxylic acids is 1. The predicted octanol–water partition coefficient (Wildman–Crippen LogP) is 3.30. The Labute approximate surface area is 172 Å². The van der Waals surface area contributed by atoms with Gasteiger partial charge >= 0.3 is 0 Å². The first-order valence-corrected chi connectivity index (χ1v) is 10.3. The van der Waals surface area contributed by atoms with Crippen molar-refractivity contribution in [3.05, 3.63) is 82.7 Å². The molecule has 0 saturated heterocycles. The van der Waals surface area contributed by atoms with E-state index < -0.39 is 33.5 Å². The van der Waals surface area contributed by atoms with Gasteiger partial charge in [-0.2, -0.15) is 8.42 Å². The van der Waals surface area contributed by atoms with E-state index in [1.807, 2.05) is 4.72 Å². The van der Waals surface area contributed by atoms with E-state index in [1.54, 1.807) is 19.1 Å². The van der Waals surface area contributed by atoms with Crippen LogP contribution in [0.4, 0.5) is 14.5 Å². The number of ether oxygens (including phenoxy) is 1. The molecule has 1 heterocycles. The minimum absolute atomic E-state index is 0.00305. The average molecular weight is 435 g/mol. The van der Waals surface area contributed by atoms with Crippen LogP contribution in [0, 0.1) is 11.6 Å². The van der Waals surface area contributed by atoms with Crippen molar-refractivity contribution in [3.63, 3.8) is 0 Å². The normalized spacial score (nSPS) is 12.4. The second-order valence-corrected chi connectivity index (χ2v) is 7.90. The molecule has 7 nitrogen and oxygen atoms in total. The fraction of sp³-hybridized carbons (Fsp3) is 0.150. The first-order chi connectivity index (χ1) is 14.1. The lowest BCUT2D eigenvalue weighted by molar-refractivity contribution is 0.103. The first kappa shape index (κ1) is 21.5. The van der Waals surface area contributed by atoms with Crippen molar-refractivity contribution < 1.29 is 26.7 Å². The van der Waals surface area contributed by atoms with E-state index >= 15 is 0 Å². The molecule has 0 saturated carbocycles. The molecule has 0 fully saturated rings. The molecule has 0 spiro atoms. The van der Waals surface area contributed by atoms with Gasteiger partial charge in [-0.1, -0.05) is 13.0 Å². The summed E-state index contributed by atoms with van der Waals surface area (Å²) in [5, 5.41) is 4.89. The summed E-state index contributed by atoms with van der Waals surface area (Å²) in [6, 6.07) is 10.6. The van der Waals surface area contributed by atoms with Gasteiger partial charge in [0, 0.05) is 17.7 Å². The fourth-order valence-corrected chi connectivity index (χ4v) is 3.52. The van der Waals surface area contributed by atoms with E-state index in [0.717, 1.165) is 18.2 Å². The number of aromatic nitrogens is 1. The second kappa shape index (κ2) is 8.25. The number of benzene rings is 2. The van der Waals surface area contributed by atoms with E-state index in [-0.39, 0.29) is 28.3 Å². The summed E-state index contributed by atoms with van der Waals surface area (Å²) >= 11 is 0. The van der Waals surface area contributed by atoms with Crippen LogP contribution in [-0.4, -0.2) is 26.3 Å². The van der Waals surface area contributed by atoms with Crippen molar-refractivity contribution in [2.75, 3.05) is 11.8 Å². The van der Waals surface area contributed by atoms with Crippen LogP contribution >= 0.6 is 0 Å². The number of nitrogens with two attached hydrogens (primary N) is 1. The Morgan fingerprint density at radius 2 is 1.87 bits per heavy atom. The molecule has 1 unspecified atom stereocenters. The number of carbonyl (C=O) groups is 1. The zero-order valence-electron chi connectivity index (χ0n) is 16.1. The summed E-state index contributed by atoms with van der Waals surface area (Å²) in [7, 11) is -2.68. The smallest absolute Gasteiger partial charge is 0.296 e. The number of anilines is 1. The van der Waals surface area contributed by atoms with Crippen molar-refractivity contribution >= 4 is 21.7 Å². The van der Waals surface area contributed by atoms with E-state index in [0.29, 0.717) is 5.69 Å². The number of halogens is 2. The molecule has 0 aliphatic carbocycles. The Hall–Kier alpha value is -3.24. The first-order valence-electron chi connectivity index (χ1n) is 8.76. The fourth-order valence-electron chi connectivity index (χ4n) is 3.07. The topological polar surface area (TPSA) is 114 Å². The number of hydrogen-bond acceptors (Lipinski definition) is 4. The predicted molar refractivity (Wildman–Crippen MR) is 108 cm³/mol. The highest BCUT2D eigenvalue weighted by molar-refractivity contribution is 7.90. The van der Waals surface area contributed by atoms with Crippen LogP contribution in [0.25, 0.3) is 0 Å². The van der Waals surface area contributed by atoms with E-state index in [2.05, 4.69) is 4.98 Å². The minimum atomic E-state index is -4.01. The highest BCUT2D eigenvalue weighted by atomic mass is 32.2. The summed E-state index contributed by atoms with van der Waals surface area (Å²) in [4.78, 5) is 15.7. The summed E-state index contributed by atoms with van der Waals surface area (Å²) in [5.41, 5.74) is 1.26.